The molecule has 1 aromatic rings. The van der Waals surface area contributed by atoms with E-state index in [-0.39, 0.29) is 23.9 Å². The van der Waals surface area contributed by atoms with Crippen LogP contribution in [-0.2, 0) is 4.79 Å². The molecule has 2 N–H and O–H groups in total. The molecule has 1 atom stereocenters. The van der Waals surface area contributed by atoms with E-state index < -0.39 is 6.03 Å². The first-order chi connectivity index (χ1) is 12.7. The predicted molar refractivity (Wildman–Crippen MR) is 106 cm³/mol. The van der Waals surface area contributed by atoms with Gasteiger partial charge in [-0.25, -0.2) is 14.8 Å². The molecule has 8 nitrogen and oxygen atoms in total. The summed E-state index contributed by atoms with van der Waals surface area (Å²) in [5.74, 6) is 1.81. The summed E-state index contributed by atoms with van der Waals surface area (Å²) in [6.45, 7) is 14.7. The van der Waals surface area contributed by atoms with E-state index >= 15 is 0 Å². The lowest BCUT2D eigenvalue weighted by molar-refractivity contribution is -0.124. The van der Waals surface area contributed by atoms with Gasteiger partial charge in [0.25, 0.3) is 0 Å². The van der Waals surface area contributed by atoms with Gasteiger partial charge in [0.2, 0.25) is 5.91 Å². The number of anilines is 1. The van der Waals surface area contributed by atoms with Crippen molar-refractivity contribution in [3.05, 3.63) is 17.6 Å². The number of urea groups is 1. The predicted octanol–water partition coefficient (Wildman–Crippen LogP) is 1.65. The molecule has 1 saturated heterocycles. The second-order valence-corrected chi connectivity index (χ2v) is 7.70. The molecule has 8 heteroatoms. The highest BCUT2D eigenvalue weighted by molar-refractivity contribution is 5.96. The highest BCUT2D eigenvalue weighted by atomic mass is 16.2. The molecule has 1 aromatic heterocycles. The van der Waals surface area contributed by atoms with E-state index in [2.05, 4.69) is 39.3 Å². The second-order valence-electron chi connectivity index (χ2n) is 7.70. The Labute approximate surface area is 161 Å². The van der Waals surface area contributed by atoms with Gasteiger partial charge in [0.05, 0.1) is 6.04 Å². The Morgan fingerprint density at radius 1 is 1.04 bits per heavy atom. The van der Waals surface area contributed by atoms with Crippen LogP contribution in [-0.4, -0.2) is 65.1 Å². The molecule has 0 aliphatic carbocycles. The Bertz CT molecular complexity index is 668. The maximum absolute atomic E-state index is 12.3. The molecular weight excluding hydrogens is 344 g/mol. The molecule has 2 heterocycles. The molecule has 2 rings (SSSR count). The molecule has 0 aromatic carbocycles. The van der Waals surface area contributed by atoms with Crippen LogP contribution >= 0.6 is 0 Å². The van der Waals surface area contributed by atoms with Crippen LogP contribution in [0, 0.1) is 6.92 Å². The first kappa shape index (κ1) is 21.1. The number of imide groups is 1. The van der Waals surface area contributed by atoms with Crippen LogP contribution in [0.1, 0.15) is 52.1 Å². The van der Waals surface area contributed by atoms with E-state index in [0.717, 1.165) is 43.5 Å². The molecular formula is C19H32N6O2. The van der Waals surface area contributed by atoms with E-state index in [1.165, 1.54) is 0 Å². The van der Waals surface area contributed by atoms with E-state index in [0.29, 0.717) is 0 Å². The largest absolute Gasteiger partial charge is 0.354 e. The maximum Gasteiger partial charge on any atom is 0.321 e. The molecule has 3 amide bonds. The topological polar surface area (TPSA) is 90.5 Å². The number of carbonyl (C=O) groups excluding carboxylic acids is 2. The fraction of sp³-hybridized carbons (Fsp3) is 0.684. The number of nitrogens with one attached hydrogen (secondary N) is 2. The Morgan fingerprint density at radius 3 is 2.22 bits per heavy atom. The van der Waals surface area contributed by atoms with E-state index in [9.17, 15) is 9.59 Å². The number of aromatic nitrogens is 2. The summed E-state index contributed by atoms with van der Waals surface area (Å²) in [6.07, 6.45) is 0. The van der Waals surface area contributed by atoms with Crippen LogP contribution < -0.4 is 15.5 Å². The van der Waals surface area contributed by atoms with Crippen molar-refractivity contribution in [2.24, 2.45) is 0 Å². The molecule has 1 fully saturated rings. The number of hydrogen-bond acceptors (Lipinski definition) is 6. The second kappa shape index (κ2) is 9.12. The van der Waals surface area contributed by atoms with Gasteiger partial charge in [-0.3, -0.25) is 15.0 Å². The average Bonchev–Trinajstić information content (AvgIpc) is 2.59. The first-order valence-corrected chi connectivity index (χ1v) is 9.63. The molecule has 0 radical (unpaired) electrons. The Kier molecular flexibility index (Phi) is 7.12. The molecule has 150 valence electrons. The SMILES string of the molecule is Cc1cc(N2CCN(C(C)C(=O)NC(=O)NC(C)C)CC2)nc(C(C)C)n1. The Morgan fingerprint density at radius 2 is 1.67 bits per heavy atom. The van der Waals surface area contributed by atoms with Gasteiger partial charge in [0.15, 0.2) is 0 Å². The summed E-state index contributed by atoms with van der Waals surface area (Å²) >= 11 is 0. The molecule has 0 bridgehead atoms. The molecule has 0 saturated carbocycles. The number of rotatable bonds is 5. The van der Waals surface area contributed by atoms with Crippen molar-refractivity contribution in [1.82, 2.24) is 25.5 Å². The highest BCUT2D eigenvalue weighted by Crippen LogP contribution is 2.19. The number of hydrogen-bond donors (Lipinski definition) is 2. The van der Waals surface area contributed by atoms with Gasteiger partial charge in [-0.15, -0.1) is 0 Å². The highest BCUT2D eigenvalue weighted by Gasteiger charge is 2.27. The van der Waals surface area contributed by atoms with Gasteiger partial charge >= 0.3 is 6.03 Å². The van der Waals surface area contributed by atoms with E-state index in [4.69, 9.17) is 4.98 Å². The summed E-state index contributed by atoms with van der Waals surface area (Å²) in [4.78, 5) is 37.5. The molecule has 27 heavy (non-hydrogen) atoms. The lowest BCUT2D eigenvalue weighted by Crippen LogP contribution is -2.56. The van der Waals surface area contributed by atoms with Gasteiger partial charge in [-0.1, -0.05) is 13.8 Å². The fourth-order valence-electron chi connectivity index (χ4n) is 3.01. The van der Waals surface area contributed by atoms with Gasteiger partial charge < -0.3 is 10.2 Å². The minimum atomic E-state index is -0.446. The van der Waals surface area contributed by atoms with Crippen molar-refractivity contribution in [3.8, 4) is 0 Å². The average molecular weight is 377 g/mol. The first-order valence-electron chi connectivity index (χ1n) is 9.63. The summed E-state index contributed by atoms with van der Waals surface area (Å²) in [6, 6.07) is 1.19. The van der Waals surface area contributed by atoms with Crippen molar-refractivity contribution in [2.75, 3.05) is 31.1 Å². The zero-order valence-corrected chi connectivity index (χ0v) is 17.2. The number of piperazine rings is 1. The van der Waals surface area contributed by atoms with Crippen LogP contribution in [0.15, 0.2) is 6.07 Å². The monoisotopic (exact) mass is 376 g/mol. The lowest BCUT2D eigenvalue weighted by atomic mass is 10.2. The standard InChI is InChI=1S/C19H32N6O2/c1-12(2)17-21-14(5)11-16(22-17)25-9-7-24(8-10-25)15(6)18(26)23-19(27)20-13(3)4/h11-13,15H,7-10H2,1-6H3,(H2,20,23,26,27). The van der Waals surface area contributed by atoms with E-state index in [1.54, 1.807) is 0 Å². The van der Waals surface area contributed by atoms with Gasteiger partial charge in [0.1, 0.15) is 11.6 Å². The van der Waals surface area contributed by atoms with Crippen LogP contribution in [0.4, 0.5) is 10.6 Å². The number of aryl methyl sites for hydroxylation is 1. The third kappa shape index (κ3) is 5.89. The molecule has 1 aliphatic rings. The van der Waals surface area contributed by atoms with Crippen LogP contribution in [0.5, 0.6) is 0 Å². The van der Waals surface area contributed by atoms with Crippen LogP contribution in [0.3, 0.4) is 0 Å². The zero-order valence-electron chi connectivity index (χ0n) is 17.2. The van der Waals surface area contributed by atoms with Gasteiger partial charge in [-0.2, -0.15) is 0 Å². The van der Waals surface area contributed by atoms with Crippen molar-refractivity contribution >= 4 is 17.8 Å². The zero-order chi connectivity index (χ0) is 20.1. The summed E-state index contributed by atoms with van der Waals surface area (Å²) in [5, 5.41) is 5.08. The molecule has 0 spiro atoms. The number of amides is 3. The van der Waals surface area contributed by atoms with Crippen molar-refractivity contribution < 1.29 is 9.59 Å². The summed E-state index contributed by atoms with van der Waals surface area (Å²) in [7, 11) is 0. The normalized spacial score (nSPS) is 16.5. The van der Waals surface area contributed by atoms with Crippen molar-refractivity contribution in [1.29, 1.82) is 0 Å². The number of nitrogens with zero attached hydrogens (tertiary/aromatic N) is 4. The molecule has 1 unspecified atom stereocenters. The third-order valence-electron chi connectivity index (χ3n) is 4.60. The number of carbonyl (C=O) groups is 2. The Hall–Kier alpha value is -2.22. The van der Waals surface area contributed by atoms with Gasteiger partial charge in [0, 0.05) is 49.9 Å². The Balaban J connectivity index is 1.93. The molecule has 1 aliphatic heterocycles. The lowest BCUT2D eigenvalue weighted by Gasteiger charge is -2.38. The van der Waals surface area contributed by atoms with E-state index in [1.807, 2.05) is 33.8 Å². The van der Waals surface area contributed by atoms with Crippen LogP contribution in [0.25, 0.3) is 0 Å². The maximum atomic E-state index is 12.3. The summed E-state index contributed by atoms with van der Waals surface area (Å²) in [5.41, 5.74) is 0.968. The third-order valence-corrected chi connectivity index (χ3v) is 4.60. The quantitative estimate of drug-likeness (QED) is 0.812. The van der Waals surface area contributed by atoms with Crippen molar-refractivity contribution in [3.63, 3.8) is 0 Å². The summed E-state index contributed by atoms with van der Waals surface area (Å²) < 4.78 is 0. The van der Waals surface area contributed by atoms with Crippen molar-refractivity contribution in [2.45, 2.75) is 59.5 Å². The minimum Gasteiger partial charge on any atom is -0.354 e. The minimum absolute atomic E-state index is 0.0105. The smallest absolute Gasteiger partial charge is 0.321 e. The van der Waals surface area contributed by atoms with Crippen LogP contribution in [0.2, 0.25) is 0 Å². The fourth-order valence-corrected chi connectivity index (χ4v) is 3.01. The van der Waals surface area contributed by atoms with Gasteiger partial charge in [-0.05, 0) is 27.7 Å².